The Morgan fingerprint density at radius 2 is 1.92 bits per heavy atom. The monoisotopic (exact) mass is 333 g/mol. The Bertz CT molecular complexity index is 704. The van der Waals surface area contributed by atoms with Gasteiger partial charge in [-0.05, 0) is 18.2 Å². The molecule has 1 N–H and O–H groups in total. The van der Waals surface area contributed by atoms with Crippen molar-refractivity contribution in [3.63, 3.8) is 0 Å². The lowest BCUT2D eigenvalue weighted by molar-refractivity contribution is 0.0953. The van der Waals surface area contributed by atoms with Crippen LogP contribution in [0.25, 0.3) is 0 Å². The van der Waals surface area contributed by atoms with Gasteiger partial charge < -0.3 is 19.3 Å². The smallest absolute Gasteiger partial charge is 0.251 e. The lowest BCUT2D eigenvalue weighted by Gasteiger charge is -2.10. The normalized spacial score (nSPS) is 11.2. The number of hydrogen-bond donors (Lipinski definition) is 1. The maximum absolute atomic E-state index is 12.2. The van der Waals surface area contributed by atoms with Gasteiger partial charge in [0.25, 0.3) is 5.91 Å². The summed E-state index contributed by atoms with van der Waals surface area (Å²) in [5, 5.41) is 6.76. The van der Waals surface area contributed by atoms with Gasteiger partial charge >= 0.3 is 0 Å². The SMILES string of the molecule is COc1ccc(C(=O)NCCc2noc(C(C)(C)C)n2)cc1OC. The van der Waals surface area contributed by atoms with Crippen LogP contribution < -0.4 is 14.8 Å². The highest BCUT2D eigenvalue weighted by Gasteiger charge is 2.21. The lowest BCUT2D eigenvalue weighted by atomic mass is 9.97. The molecule has 1 aromatic carbocycles. The summed E-state index contributed by atoms with van der Waals surface area (Å²) in [4.78, 5) is 16.5. The van der Waals surface area contributed by atoms with E-state index >= 15 is 0 Å². The molecule has 24 heavy (non-hydrogen) atoms. The van der Waals surface area contributed by atoms with Gasteiger partial charge in [-0.2, -0.15) is 4.98 Å². The standard InChI is InChI=1S/C17H23N3O4/c1-17(2,3)16-19-14(20-24-16)8-9-18-15(21)11-6-7-12(22-4)13(10-11)23-5/h6-7,10H,8-9H2,1-5H3,(H,18,21). The summed E-state index contributed by atoms with van der Waals surface area (Å²) < 4.78 is 15.6. The highest BCUT2D eigenvalue weighted by atomic mass is 16.5. The fourth-order valence-electron chi connectivity index (χ4n) is 2.03. The number of methoxy groups -OCH3 is 2. The van der Waals surface area contributed by atoms with Crippen molar-refractivity contribution < 1.29 is 18.8 Å². The van der Waals surface area contributed by atoms with Crippen molar-refractivity contribution in [3.05, 3.63) is 35.5 Å². The van der Waals surface area contributed by atoms with Gasteiger partial charge in [-0.15, -0.1) is 0 Å². The number of benzene rings is 1. The van der Waals surface area contributed by atoms with Crippen LogP contribution in [0.15, 0.2) is 22.7 Å². The zero-order chi connectivity index (χ0) is 17.7. The molecule has 1 amide bonds. The van der Waals surface area contributed by atoms with E-state index in [0.717, 1.165) is 0 Å². The first-order valence-corrected chi connectivity index (χ1v) is 7.68. The molecule has 0 aliphatic heterocycles. The van der Waals surface area contributed by atoms with Crippen LogP contribution in [0.3, 0.4) is 0 Å². The Morgan fingerprint density at radius 3 is 2.50 bits per heavy atom. The fourth-order valence-corrected chi connectivity index (χ4v) is 2.03. The van der Waals surface area contributed by atoms with E-state index in [-0.39, 0.29) is 11.3 Å². The van der Waals surface area contributed by atoms with E-state index in [4.69, 9.17) is 14.0 Å². The number of hydrogen-bond acceptors (Lipinski definition) is 6. The number of carbonyl (C=O) groups is 1. The fraction of sp³-hybridized carbons (Fsp3) is 0.471. The minimum absolute atomic E-state index is 0.186. The van der Waals surface area contributed by atoms with Crippen LogP contribution in [-0.4, -0.2) is 36.8 Å². The van der Waals surface area contributed by atoms with E-state index in [1.807, 2.05) is 20.8 Å². The Hall–Kier alpha value is -2.57. The second kappa shape index (κ2) is 7.33. The van der Waals surface area contributed by atoms with Gasteiger partial charge in [-0.3, -0.25) is 4.79 Å². The number of aromatic nitrogens is 2. The molecular weight excluding hydrogens is 310 g/mol. The number of amides is 1. The van der Waals surface area contributed by atoms with Crippen LogP contribution in [0, 0.1) is 0 Å². The lowest BCUT2D eigenvalue weighted by Crippen LogP contribution is -2.26. The van der Waals surface area contributed by atoms with Crippen LogP contribution in [0.2, 0.25) is 0 Å². The minimum Gasteiger partial charge on any atom is -0.493 e. The zero-order valence-electron chi connectivity index (χ0n) is 14.7. The molecule has 0 atom stereocenters. The molecular formula is C17H23N3O4. The number of ether oxygens (including phenoxy) is 2. The molecule has 0 fully saturated rings. The Balaban J connectivity index is 1.93. The van der Waals surface area contributed by atoms with Gasteiger partial charge in [-0.1, -0.05) is 25.9 Å². The first-order chi connectivity index (χ1) is 11.3. The second-order valence-electron chi connectivity index (χ2n) is 6.34. The van der Waals surface area contributed by atoms with Crippen LogP contribution in [0.5, 0.6) is 11.5 Å². The van der Waals surface area contributed by atoms with E-state index in [2.05, 4.69) is 15.5 Å². The summed E-state index contributed by atoms with van der Waals surface area (Å²) >= 11 is 0. The second-order valence-corrected chi connectivity index (χ2v) is 6.34. The van der Waals surface area contributed by atoms with Crippen molar-refractivity contribution in [1.82, 2.24) is 15.5 Å². The summed E-state index contributed by atoms with van der Waals surface area (Å²) in [6.45, 7) is 6.42. The first-order valence-electron chi connectivity index (χ1n) is 7.68. The molecule has 0 aliphatic carbocycles. The summed E-state index contributed by atoms with van der Waals surface area (Å²) in [6.07, 6.45) is 0.499. The summed E-state index contributed by atoms with van der Waals surface area (Å²) in [7, 11) is 3.08. The van der Waals surface area contributed by atoms with E-state index < -0.39 is 0 Å². The summed E-state index contributed by atoms with van der Waals surface area (Å²) in [6, 6.07) is 5.02. The molecule has 0 unspecified atom stereocenters. The van der Waals surface area contributed by atoms with Crippen molar-refractivity contribution in [1.29, 1.82) is 0 Å². The van der Waals surface area contributed by atoms with Crippen molar-refractivity contribution >= 4 is 5.91 Å². The van der Waals surface area contributed by atoms with Gasteiger partial charge in [0.05, 0.1) is 14.2 Å². The van der Waals surface area contributed by atoms with E-state index in [0.29, 0.717) is 41.7 Å². The highest BCUT2D eigenvalue weighted by Crippen LogP contribution is 2.27. The highest BCUT2D eigenvalue weighted by molar-refractivity contribution is 5.94. The molecule has 0 spiro atoms. The van der Waals surface area contributed by atoms with E-state index in [1.54, 1.807) is 25.3 Å². The summed E-state index contributed by atoms with van der Waals surface area (Å²) in [5.74, 6) is 2.06. The molecule has 1 aromatic heterocycles. The molecule has 0 radical (unpaired) electrons. The van der Waals surface area contributed by atoms with Crippen molar-refractivity contribution in [2.24, 2.45) is 0 Å². The van der Waals surface area contributed by atoms with E-state index in [1.165, 1.54) is 7.11 Å². The summed E-state index contributed by atoms with van der Waals surface area (Å²) in [5.41, 5.74) is 0.310. The maximum Gasteiger partial charge on any atom is 0.251 e. The Morgan fingerprint density at radius 1 is 1.21 bits per heavy atom. The number of nitrogens with one attached hydrogen (secondary N) is 1. The number of nitrogens with zero attached hydrogens (tertiary/aromatic N) is 2. The van der Waals surface area contributed by atoms with Crippen LogP contribution in [-0.2, 0) is 11.8 Å². The van der Waals surface area contributed by atoms with Crippen molar-refractivity contribution in [2.75, 3.05) is 20.8 Å². The van der Waals surface area contributed by atoms with Crippen LogP contribution in [0.1, 0.15) is 42.8 Å². The van der Waals surface area contributed by atoms with Crippen molar-refractivity contribution in [3.8, 4) is 11.5 Å². The molecule has 0 saturated heterocycles. The first kappa shape index (κ1) is 17.8. The Kier molecular flexibility index (Phi) is 5.43. The molecule has 2 aromatic rings. The predicted molar refractivity (Wildman–Crippen MR) is 88.6 cm³/mol. The molecule has 7 nitrogen and oxygen atoms in total. The number of carbonyl (C=O) groups excluding carboxylic acids is 1. The average Bonchev–Trinajstić information content (AvgIpc) is 3.03. The third-order valence-corrected chi connectivity index (χ3v) is 3.39. The van der Waals surface area contributed by atoms with Gasteiger partial charge in [-0.25, -0.2) is 0 Å². The van der Waals surface area contributed by atoms with Gasteiger partial charge in [0, 0.05) is 23.9 Å². The zero-order valence-corrected chi connectivity index (χ0v) is 14.7. The maximum atomic E-state index is 12.2. The van der Waals surface area contributed by atoms with Crippen molar-refractivity contribution in [2.45, 2.75) is 32.6 Å². The average molecular weight is 333 g/mol. The molecule has 1 heterocycles. The predicted octanol–water partition coefficient (Wildman–Crippen LogP) is 2.36. The van der Waals surface area contributed by atoms with Crippen LogP contribution in [0.4, 0.5) is 0 Å². The topological polar surface area (TPSA) is 86.5 Å². The van der Waals surface area contributed by atoms with Gasteiger partial charge in [0.2, 0.25) is 5.89 Å². The Labute approximate surface area is 141 Å². The molecule has 0 aliphatic rings. The molecule has 130 valence electrons. The third-order valence-electron chi connectivity index (χ3n) is 3.39. The van der Waals surface area contributed by atoms with Crippen LogP contribution >= 0.6 is 0 Å². The molecule has 0 bridgehead atoms. The minimum atomic E-state index is -0.199. The molecule has 2 rings (SSSR count). The van der Waals surface area contributed by atoms with E-state index in [9.17, 15) is 4.79 Å². The van der Waals surface area contributed by atoms with Gasteiger partial charge in [0.1, 0.15) is 0 Å². The third kappa shape index (κ3) is 4.24. The number of rotatable bonds is 6. The molecule has 7 heteroatoms. The largest absolute Gasteiger partial charge is 0.493 e. The molecule has 0 saturated carbocycles. The van der Waals surface area contributed by atoms with Gasteiger partial charge in [0.15, 0.2) is 17.3 Å². The quantitative estimate of drug-likeness (QED) is 0.873.